The Morgan fingerprint density at radius 1 is 1.31 bits per heavy atom. The summed E-state index contributed by atoms with van der Waals surface area (Å²) >= 11 is 0. The Morgan fingerprint density at radius 2 is 2.12 bits per heavy atom. The van der Waals surface area contributed by atoms with Crippen molar-refractivity contribution in [3.05, 3.63) is 42.1 Å². The summed E-state index contributed by atoms with van der Waals surface area (Å²) in [4.78, 5) is 21.9. The molecule has 26 heavy (non-hydrogen) atoms. The number of likely N-dealkylation sites (tertiary alicyclic amines) is 1. The van der Waals surface area contributed by atoms with Crippen molar-refractivity contribution in [2.75, 3.05) is 46.9 Å². The predicted octanol–water partition coefficient (Wildman–Crippen LogP) is 2.67. The summed E-state index contributed by atoms with van der Waals surface area (Å²) in [5.74, 6) is 0.648. The van der Waals surface area contributed by atoms with Gasteiger partial charge in [-0.05, 0) is 62.5 Å². The van der Waals surface area contributed by atoms with Gasteiger partial charge in [0.25, 0.3) is 5.91 Å². The Morgan fingerprint density at radius 3 is 2.88 bits per heavy atom. The molecule has 2 saturated heterocycles. The average Bonchev–Trinajstić information content (AvgIpc) is 2.98. The van der Waals surface area contributed by atoms with Gasteiger partial charge in [-0.1, -0.05) is 6.07 Å². The summed E-state index contributed by atoms with van der Waals surface area (Å²) in [6, 6.07) is 9.75. The molecule has 0 radical (unpaired) electrons. The molecule has 1 aromatic heterocycles. The van der Waals surface area contributed by atoms with Gasteiger partial charge in [0.05, 0.1) is 5.52 Å². The van der Waals surface area contributed by atoms with Crippen LogP contribution in [0.15, 0.2) is 36.5 Å². The summed E-state index contributed by atoms with van der Waals surface area (Å²) in [6.45, 7) is 4.33. The quantitative estimate of drug-likeness (QED) is 0.851. The lowest BCUT2D eigenvalue weighted by Gasteiger charge is -2.38. The maximum atomic E-state index is 13.2. The molecule has 2 aliphatic rings. The SMILES string of the molecule is CN(C)C[C@H]1CN(C(=O)c2ccc3ncccc3c2)CC12CCOCC2. The molecular weight excluding hydrogens is 326 g/mol. The van der Waals surface area contributed by atoms with Crippen LogP contribution in [0, 0.1) is 11.3 Å². The molecule has 2 aliphatic heterocycles. The van der Waals surface area contributed by atoms with Crippen LogP contribution in [0.3, 0.4) is 0 Å². The van der Waals surface area contributed by atoms with Crippen molar-refractivity contribution in [1.29, 1.82) is 0 Å². The van der Waals surface area contributed by atoms with E-state index in [1.165, 1.54) is 0 Å². The number of hydrogen-bond donors (Lipinski definition) is 0. The number of carbonyl (C=O) groups is 1. The summed E-state index contributed by atoms with van der Waals surface area (Å²) < 4.78 is 5.61. The molecule has 1 atom stereocenters. The number of fused-ring (bicyclic) bond motifs is 1. The number of benzene rings is 1. The van der Waals surface area contributed by atoms with Gasteiger partial charge in [0.1, 0.15) is 0 Å². The molecule has 138 valence electrons. The summed E-state index contributed by atoms with van der Waals surface area (Å²) in [5.41, 5.74) is 1.89. The van der Waals surface area contributed by atoms with Crippen molar-refractivity contribution in [1.82, 2.24) is 14.8 Å². The molecule has 0 bridgehead atoms. The first-order valence-electron chi connectivity index (χ1n) is 9.44. The molecule has 5 nitrogen and oxygen atoms in total. The molecule has 2 aromatic rings. The molecule has 0 unspecified atom stereocenters. The summed E-state index contributed by atoms with van der Waals surface area (Å²) in [5, 5.41) is 1.02. The molecule has 1 spiro atoms. The second kappa shape index (κ2) is 6.97. The smallest absolute Gasteiger partial charge is 0.253 e. The number of ether oxygens (including phenoxy) is 1. The first-order chi connectivity index (χ1) is 12.6. The van der Waals surface area contributed by atoms with E-state index in [2.05, 4.69) is 28.9 Å². The molecule has 3 heterocycles. The van der Waals surface area contributed by atoms with Gasteiger partial charge in [0.15, 0.2) is 0 Å². The van der Waals surface area contributed by atoms with Crippen LogP contribution in [-0.2, 0) is 4.74 Å². The number of carbonyl (C=O) groups excluding carboxylic acids is 1. The van der Waals surface area contributed by atoms with E-state index >= 15 is 0 Å². The summed E-state index contributed by atoms with van der Waals surface area (Å²) in [6.07, 6.45) is 3.89. The third-order valence-electron chi connectivity index (χ3n) is 6.02. The monoisotopic (exact) mass is 353 g/mol. The van der Waals surface area contributed by atoms with Crippen LogP contribution in [0.5, 0.6) is 0 Å². The number of pyridine rings is 1. The first kappa shape index (κ1) is 17.4. The summed E-state index contributed by atoms with van der Waals surface area (Å²) in [7, 11) is 4.24. The van der Waals surface area contributed by atoms with Crippen LogP contribution in [0.4, 0.5) is 0 Å². The predicted molar refractivity (Wildman–Crippen MR) is 102 cm³/mol. The molecule has 0 aliphatic carbocycles. The topological polar surface area (TPSA) is 45.7 Å². The van der Waals surface area contributed by atoms with Gasteiger partial charge in [-0.25, -0.2) is 0 Å². The van der Waals surface area contributed by atoms with Gasteiger partial charge in [0, 0.05) is 50.0 Å². The van der Waals surface area contributed by atoms with E-state index in [0.717, 1.165) is 62.2 Å². The minimum atomic E-state index is 0.142. The minimum absolute atomic E-state index is 0.142. The largest absolute Gasteiger partial charge is 0.381 e. The fourth-order valence-corrected chi connectivity index (χ4v) is 4.62. The molecule has 4 rings (SSSR count). The van der Waals surface area contributed by atoms with Gasteiger partial charge in [-0.3, -0.25) is 9.78 Å². The normalized spacial score (nSPS) is 22.4. The van der Waals surface area contributed by atoms with Gasteiger partial charge >= 0.3 is 0 Å². The van der Waals surface area contributed by atoms with E-state index in [1.54, 1.807) is 6.20 Å². The number of nitrogens with zero attached hydrogens (tertiary/aromatic N) is 3. The molecular formula is C21H27N3O2. The van der Waals surface area contributed by atoms with Crippen LogP contribution < -0.4 is 0 Å². The van der Waals surface area contributed by atoms with Gasteiger partial charge in [0.2, 0.25) is 0 Å². The van der Waals surface area contributed by atoms with E-state index in [0.29, 0.717) is 5.92 Å². The zero-order chi connectivity index (χ0) is 18.1. The second-order valence-corrected chi connectivity index (χ2v) is 8.03. The third-order valence-corrected chi connectivity index (χ3v) is 6.02. The van der Waals surface area contributed by atoms with Crippen LogP contribution >= 0.6 is 0 Å². The number of aromatic nitrogens is 1. The molecule has 1 aromatic carbocycles. The van der Waals surface area contributed by atoms with Crippen LogP contribution in [0.25, 0.3) is 10.9 Å². The third kappa shape index (κ3) is 3.21. The Labute approximate surface area is 154 Å². The zero-order valence-corrected chi connectivity index (χ0v) is 15.6. The van der Waals surface area contributed by atoms with Crippen molar-refractivity contribution in [3.8, 4) is 0 Å². The standard InChI is InChI=1S/C21H27N3O2/c1-23(2)13-18-14-24(15-21(18)7-10-26-11-8-21)20(25)17-5-6-19-16(12-17)4-3-9-22-19/h3-6,9,12,18H,7-8,10-11,13-15H2,1-2H3/t18-/m0/s1. The molecule has 1 amide bonds. The van der Waals surface area contributed by atoms with E-state index in [4.69, 9.17) is 4.74 Å². The van der Waals surface area contributed by atoms with Crippen molar-refractivity contribution in [2.24, 2.45) is 11.3 Å². The van der Waals surface area contributed by atoms with Crippen LogP contribution in [-0.4, -0.2) is 67.6 Å². The van der Waals surface area contributed by atoms with Gasteiger partial charge < -0.3 is 14.5 Å². The zero-order valence-electron chi connectivity index (χ0n) is 15.6. The average molecular weight is 353 g/mol. The number of rotatable bonds is 3. The van der Waals surface area contributed by atoms with E-state index in [1.807, 2.05) is 30.3 Å². The molecule has 2 fully saturated rings. The highest BCUT2D eigenvalue weighted by atomic mass is 16.5. The lowest BCUT2D eigenvalue weighted by Crippen LogP contribution is -2.40. The lowest BCUT2D eigenvalue weighted by molar-refractivity contribution is -0.00451. The Kier molecular flexibility index (Phi) is 4.67. The number of amides is 1. The highest BCUT2D eigenvalue weighted by Crippen LogP contribution is 2.44. The van der Waals surface area contributed by atoms with Gasteiger partial charge in [-0.15, -0.1) is 0 Å². The fraction of sp³-hybridized carbons (Fsp3) is 0.524. The molecule has 0 saturated carbocycles. The van der Waals surface area contributed by atoms with Crippen molar-refractivity contribution in [3.63, 3.8) is 0 Å². The Hall–Kier alpha value is -1.98. The Balaban J connectivity index is 1.59. The molecule has 0 N–H and O–H groups in total. The van der Waals surface area contributed by atoms with E-state index in [9.17, 15) is 4.79 Å². The van der Waals surface area contributed by atoms with Crippen LogP contribution in [0.2, 0.25) is 0 Å². The number of hydrogen-bond acceptors (Lipinski definition) is 4. The minimum Gasteiger partial charge on any atom is -0.381 e. The van der Waals surface area contributed by atoms with Crippen molar-refractivity contribution >= 4 is 16.8 Å². The van der Waals surface area contributed by atoms with Gasteiger partial charge in [-0.2, -0.15) is 0 Å². The van der Waals surface area contributed by atoms with Crippen LogP contribution in [0.1, 0.15) is 23.2 Å². The Bertz CT molecular complexity index is 799. The van der Waals surface area contributed by atoms with Crippen molar-refractivity contribution in [2.45, 2.75) is 12.8 Å². The lowest BCUT2D eigenvalue weighted by atomic mass is 9.72. The maximum absolute atomic E-state index is 13.2. The van der Waals surface area contributed by atoms with Crippen molar-refractivity contribution < 1.29 is 9.53 Å². The highest BCUT2D eigenvalue weighted by molar-refractivity contribution is 5.98. The first-order valence-corrected chi connectivity index (χ1v) is 9.44. The van der Waals surface area contributed by atoms with E-state index < -0.39 is 0 Å². The second-order valence-electron chi connectivity index (χ2n) is 8.03. The van der Waals surface area contributed by atoms with E-state index in [-0.39, 0.29) is 11.3 Å². The maximum Gasteiger partial charge on any atom is 0.253 e. The highest BCUT2D eigenvalue weighted by Gasteiger charge is 2.48. The fourth-order valence-electron chi connectivity index (χ4n) is 4.62. The molecule has 5 heteroatoms.